The molecule has 7 nitrogen and oxygen atoms in total. The number of anilines is 1. The average Bonchev–Trinajstić information content (AvgIpc) is 2.76. The van der Waals surface area contributed by atoms with Crippen LogP contribution < -0.4 is 9.62 Å². The van der Waals surface area contributed by atoms with Crippen molar-refractivity contribution in [3.63, 3.8) is 0 Å². The zero-order chi connectivity index (χ0) is 24.8. The smallest absolute Gasteiger partial charge is 0.244 e. The Bertz CT molecular complexity index is 1080. The highest BCUT2D eigenvalue weighted by Crippen LogP contribution is 2.22. The molecular weight excluding hydrogens is 513 g/mol. The standard InChI is InChI=1S/C23H29BrFN3O4S/c1-5-16(2)26-23(30)17(3)27(14-18-8-6-7-9-21(18)25)22(29)15-28(33(4,31)32)20-12-10-19(24)11-13-20/h6-13,16-17H,5,14-15H2,1-4H3,(H,26,30)/t16-,17-/m0/s1. The molecule has 0 saturated carbocycles. The quantitative estimate of drug-likeness (QED) is 0.497. The molecule has 33 heavy (non-hydrogen) atoms. The third-order valence-electron chi connectivity index (χ3n) is 5.26. The van der Waals surface area contributed by atoms with Crippen molar-refractivity contribution in [2.45, 2.75) is 45.8 Å². The summed E-state index contributed by atoms with van der Waals surface area (Å²) in [6.45, 7) is 4.59. The Morgan fingerprint density at radius 2 is 1.70 bits per heavy atom. The lowest BCUT2D eigenvalue weighted by Crippen LogP contribution is -2.52. The van der Waals surface area contributed by atoms with Crippen LogP contribution in [-0.4, -0.2) is 50.0 Å². The summed E-state index contributed by atoms with van der Waals surface area (Å²) in [6.07, 6.45) is 1.70. The van der Waals surface area contributed by atoms with Crippen LogP contribution in [0.15, 0.2) is 53.0 Å². The van der Waals surface area contributed by atoms with E-state index < -0.39 is 40.2 Å². The molecule has 0 aliphatic rings. The van der Waals surface area contributed by atoms with Gasteiger partial charge in [0.15, 0.2) is 0 Å². The molecule has 0 saturated heterocycles. The largest absolute Gasteiger partial charge is 0.352 e. The minimum Gasteiger partial charge on any atom is -0.352 e. The van der Waals surface area contributed by atoms with Crippen LogP contribution >= 0.6 is 15.9 Å². The van der Waals surface area contributed by atoms with Crippen LogP contribution in [0, 0.1) is 5.82 Å². The summed E-state index contributed by atoms with van der Waals surface area (Å²) < 4.78 is 41.0. The van der Waals surface area contributed by atoms with Crippen LogP contribution in [0.25, 0.3) is 0 Å². The van der Waals surface area contributed by atoms with Crippen molar-refractivity contribution in [3.8, 4) is 0 Å². The number of sulfonamides is 1. The Kier molecular flexibility index (Phi) is 9.42. The number of halogens is 2. The fraction of sp³-hybridized carbons (Fsp3) is 0.391. The second-order valence-corrected chi connectivity index (χ2v) is 10.7. The molecule has 2 aromatic carbocycles. The van der Waals surface area contributed by atoms with Gasteiger partial charge in [-0.05, 0) is 50.6 Å². The summed E-state index contributed by atoms with van der Waals surface area (Å²) >= 11 is 3.30. The fourth-order valence-electron chi connectivity index (χ4n) is 3.08. The summed E-state index contributed by atoms with van der Waals surface area (Å²) in [4.78, 5) is 27.4. The van der Waals surface area contributed by atoms with Crippen LogP contribution in [-0.2, 0) is 26.2 Å². The van der Waals surface area contributed by atoms with E-state index in [1.807, 2.05) is 13.8 Å². The maximum absolute atomic E-state index is 14.3. The summed E-state index contributed by atoms with van der Waals surface area (Å²) in [7, 11) is -3.81. The van der Waals surface area contributed by atoms with E-state index in [1.54, 1.807) is 37.3 Å². The van der Waals surface area contributed by atoms with Gasteiger partial charge < -0.3 is 10.2 Å². The number of hydrogen-bond donors (Lipinski definition) is 1. The van der Waals surface area contributed by atoms with Crippen molar-refractivity contribution in [1.29, 1.82) is 0 Å². The highest BCUT2D eigenvalue weighted by Gasteiger charge is 2.30. The van der Waals surface area contributed by atoms with Crippen molar-refractivity contribution in [1.82, 2.24) is 10.2 Å². The van der Waals surface area contributed by atoms with Crippen LogP contribution in [0.2, 0.25) is 0 Å². The lowest BCUT2D eigenvalue weighted by Gasteiger charge is -2.32. The molecule has 10 heteroatoms. The van der Waals surface area contributed by atoms with Gasteiger partial charge in [-0.3, -0.25) is 13.9 Å². The third-order valence-corrected chi connectivity index (χ3v) is 6.93. The molecule has 2 rings (SSSR count). The second-order valence-electron chi connectivity index (χ2n) is 7.85. The van der Waals surface area contributed by atoms with Gasteiger partial charge in [-0.2, -0.15) is 0 Å². The highest BCUT2D eigenvalue weighted by atomic mass is 79.9. The molecule has 0 spiro atoms. The number of carbonyl (C=O) groups excluding carboxylic acids is 2. The molecular formula is C23H29BrFN3O4S. The van der Waals surface area contributed by atoms with Gasteiger partial charge in [0.05, 0.1) is 11.9 Å². The molecule has 180 valence electrons. The normalized spacial score (nSPS) is 13.2. The van der Waals surface area contributed by atoms with E-state index in [-0.39, 0.29) is 18.2 Å². The lowest BCUT2D eigenvalue weighted by atomic mass is 10.1. The molecule has 2 atom stereocenters. The van der Waals surface area contributed by atoms with E-state index in [4.69, 9.17) is 0 Å². The maximum atomic E-state index is 14.3. The Hall–Kier alpha value is -2.46. The summed E-state index contributed by atoms with van der Waals surface area (Å²) in [6, 6.07) is 11.4. The molecule has 0 aliphatic heterocycles. The monoisotopic (exact) mass is 541 g/mol. The third kappa shape index (κ3) is 7.53. The van der Waals surface area contributed by atoms with E-state index in [1.165, 1.54) is 23.1 Å². The van der Waals surface area contributed by atoms with Crippen LogP contribution in [0.3, 0.4) is 0 Å². The van der Waals surface area contributed by atoms with Crippen molar-refractivity contribution >= 4 is 43.5 Å². The minimum atomic E-state index is -3.81. The molecule has 2 aromatic rings. The first-order chi connectivity index (χ1) is 15.4. The van der Waals surface area contributed by atoms with E-state index >= 15 is 0 Å². The Morgan fingerprint density at radius 3 is 2.24 bits per heavy atom. The number of carbonyl (C=O) groups is 2. The number of amides is 2. The predicted molar refractivity (Wildman–Crippen MR) is 131 cm³/mol. The Labute approximate surface area is 203 Å². The molecule has 0 bridgehead atoms. The van der Waals surface area contributed by atoms with Gasteiger partial charge in [-0.25, -0.2) is 12.8 Å². The van der Waals surface area contributed by atoms with Gasteiger partial charge in [-0.15, -0.1) is 0 Å². The number of hydrogen-bond acceptors (Lipinski definition) is 4. The van der Waals surface area contributed by atoms with Crippen molar-refractivity contribution in [2.24, 2.45) is 0 Å². The SMILES string of the molecule is CC[C@H](C)NC(=O)[C@H](C)N(Cc1ccccc1F)C(=O)CN(c1ccc(Br)cc1)S(C)(=O)=O. The molecule has 2 amide bonds. The van der Waals surface area contributed by atoms with Crippen LogP contribution in [0.1, 0.15) is 32.8 Å². The second kappa shape index (κ2) is 11.6. The zero-order valence-corrected chi connectivity index (χ0v) is 21.5. The van der Waals surface area contributed by atoms with E-state index in [0.29, 0.717) is 12.1 Å². The van der Waals surface area contributed by atoms with Gasteiger partial charge in [0, 0.05) is 22.6 Å². The van der Waals surface area contributed by atoms with Crippen LogP contribution in [0.4, 0.5) is 10.1 Å². The molecule has 0 heterocycles. The summed E-state index contributed by atoms with van der Waals surface area (Å²) in [5, 5.41) is 2.82. The number of nitrogens with zero attached hydrogens (tertiary/aromatic N) is 2. The van der Waals surface area contributed by atoms with Crippen molar-refractivity contribution in [3.05, 3.63) is 64.4 Å². The van der Waals surface area contributed by atoms with Crippen LogP contribution in [0.5, 0.6) is 0 Å². The highest BCUT2D eigenvalue weighted by molar-refractivity contribution is 9.10. The van der Waals surface area contributed by atoms with E-state index in [9.17, 15) is 22.4 Å². The number of rotatable bonds is 10. The maximum Gasteiger partial charge on any atom is 0.244 e. The Balaban J connectivity index is 2.39. The molecule has 1 N–H and O–H groups in total. The summed E-state index contributed by atoms with van der Waals surface area (Å²) in [5.74, 6) is -1.54. The van der Waals surface area contributed by atoms with Crippen molar-refractivity contribution < 1.29 is 22.4 Å². The van der Waals surface area contributed by atoms with Gasteiger partial charge >= 0.3 is 0 Å². The van der Waals surface area contributed by atoms with Gasteiger partial charge in [0.2, 0.25) is 21.8 Å². The Morgan fingerprint density at radius 1 is 1.09 bits per heavy atom. The molecule has 0 unspecified atom stereocenters. The van der Waals surface area contributed by atoms with E-state index in [0.717, 1.165) is 15.0 Å². The van der Waals surface area contributed by atoms with E-state index in [2.05, 4.69) is 21.2 Å². The predicted octanol–water partition coefficient (Wildman–Crippen LogP) is 3.69. The van der Waals surface area contributed by atoms with Gasteiger partial charge in [0.1, 0.15) is 18.4 Å². The average molecular weight is 542 g/mol. The molecule has 0 aromatic heterocycles. The first-order valence-electron chi connectivity index (χ1n) is 10.5. The first kappa shape index (κ1) is 26.8. The number of nitrogens with one attached hydrogen (secondary N) is 1. The molecule has 0 radical (unpaired) electrons. The topological polar surface area (TPSA) is 86.8 Å². The van der Waals surface area contributed by atoms with Gasteiger partial charge in [-0.1, -0.05) is 41.1 Å². The molecule has 0 aliphatic carbocycles. The fourth-order valence-corrected chi connectivity index (χ4v) is 4.19. The summed E-state index contributed by atoms with van der Waals surface area (Å²) in [5.41, 5.74) is 0.528. The lowest BCUT2D eigenvalue weighted by molar-refractivity contribution is -0.139. The first-order valence-corrected chi connectivity index (χ1v) is 13.1. The minimum absolute atomic E-state index is 0.111. The van der Waals surface area contributed by atoms with Crippen molar-refractivity contribution in [2.75, 3.05) is 17.1 Å². The zero-order valence-electron chi connectivity index (χ0n) is 19.1. The molecule has 0 fully saturated rings. The van der Waals surface area contributed by atoms with Gasteiger partial charge in [0.25, 0.3) is 0 Å². The number of benzene rings is 2.